The van der Waals surface area contributed by atoms with Gasteiger partial charge in [-0.2, -0.15) is 5.10 Å². The lowest BCUT2D eigenvalue weighted by molar-refractivity contribution is 0.266. The molecule has 0 aromatic heterocycles. The molecule has 3 nitrogen and oxygen atoms in total. The van der Waals surface area contributed by atoms with Gasteiger partial charge in [-0.15, -0.1) is 0 Å². The van der Waals surface area contributed by atoms with Crippen molar-refractivity contribution >= 4 is 28.9 Å². The molecule has 1 aliphatic heterocycles. The fourth-order valence-electron chi connectivity index (χ4n) is 0.705. The van der Waals surface area contributed by atoms with Crippen molar-refractivity contribution in [3.8, 4) is 0 Å². The molecule has 0 N–H and O–H groups in total. The lowest BCUT2D eigenvalue weighted by atomic mass is 10.6. The van der Waals surface area contributed by atoms with E-state index < -0.39 is 0 Å². The molecule has 1 atom stereocenters. The second kappa shape index (κ2) is 2.72. The summed E-state index contributed by atoms with van der Waals surface area (Å²) >= 11 is 2.35. The number of hydrogen-bond donors (Lipinski definition) is 0. The monoisotopic (exact) mass is 239 g/mol. The summed E-state index contributed by atoms with van der Waals surface area (Å²) in [6.45, 7) is 3.15. The van der Waals surface area contributed by atoms with E-state index in [0.717, 1.165) is 6.54 Å². The third kappa shape index (κ3) is 1.28. The molecule has 0 saturated heterocycles. The van der Waals surface area contributed by atoms with E-state index >= 15 is 0 Å². The molecule has 0 radical (unpaired) electrons. The van der Waals surface area contributed by atoms with Gasteiger partial charge in [-0.1, -0.05) is 0 Å². The predicted octanol–water partition coefficient (Wildman–Crippen LogP) is 0.916. The fraction of sp³-hybridized carbons (Fsp3) is 0.800. The van der Waals surface area contributed by atoms with E-state index in [2.05, 4.69) is 39.5 Å². The Morgan fingerprint density at radius 3 is 2.67 bits per heavy atom. The van der Waals surface area contributed by atoms with Crippen molar-refractivity contribution in [2.75, 3.05) is 13.6 Å². The van der Waals surface area contributed by atoms with Crippen LogP contribution in [0.1, 0.15) is 6.92 Å². The van der Waals surface area contributed by atoms with Crippen molar-refractivity contribution in [2.24, 2.45) is 5.10 Å². The summed E-state index contributed by atoms with van der Waals surface area (Å²) in [5.74, 6) is 0. The smallest absolute Gasteiger partial charge is 0.171 e. The average molecular weight is 239 g/mol. The summed E-state index contributed by atoms with van der Waals surface area (Å²) in [7, 11) is 1.98. The Labute approximate surface area is 68.8 Å². The highest BCUT2D eigenvalue weighted by atomic mass is 127. The van der Waals surface area contributed by atoms with Gasteiger partial charge in [-0.3, -0.25) is 5.01 Å². The van der Waals surface area contributed by atoms with Gasteiger partial charge in [0.05, 0.1) is 0 Å². The standard InChI is InChI=1S/C5H10IN3/c1-3-9-4-7-8(2)5(9)6/h4-5H,3H2,1-2H3. The second-order valence-corrected chi connectivity index (χ2v) is 3.06. The van der Waals surface area contributed by atoms with Crippen molar-refractivity contribution in [3.05, 3.63) is 0 Å². The molecular weight excluding hydrogens is 229 g/mol. The van der Waals surface area contributed by atoms with E-state index in [1.165, 1.54) is 0 Å². The SMILES string of the molecule is CCN1C=NN(C)C1I. The fourth-order valence-corrected chi connectivity index (χ4v) is 1.39. The molecule has 52 valence electrons. The molecule has 1 heterocycles. The van der Waals surface area contributed by atoms with E-state index in [9.17, 15) is 0 Å². The topological polar surface area (TPSA) is 18.8 Å². The Bertz CT molecular complexity index is 125. The Balaban J connectivity index is 2.51. The van der Waals surface area contributed by atoms with Crippen molar-refractivity contribution in [1.82, 2.24) is 9.91 Å². The Morgan fingerprint density at radius 1 is 1.78 bits per heavy atom. The molecule has 9 heavy (non-hydrogen) atoms. The normalized spacial score (nSPS) is 25.9. The van der Waals surface area contributed by atoms with E-state index in [4.69, 9.17) is 0 Å². The first-order valence-corrected chi connectivity index (χ1v) is 4.17. The van der Waals surface area contributed by atoms with E-state index in [1.54, 1.807) is 0 Å². The quantitative estimate of drug-likeness (QED) is 0.385. The van der Waals surface area contributed by atoms with Gasteiger partial charge >= 0.3 is 0 Å². The molecule has 1 aliphatic rings. The highest BCUT2D eigenvalue weighted by Crippen LogP contribution is 2.15. The van der Waals surface area contributed by atoms with Gasteiger partial charge < -0.3 is 4.90 Å². The molecule has 0 spiro atoms. The van der Waals surface area contributed by atoms with E-state index in [0.29, 0.717) is 4.17 Å². The molecule has 0 fully saturated rings. The maximum atomic E-state index is 4.10. The first-order valence-electron chi connectivity index (χ1n) is 2.92. The van der Waals surface area contributed by atoms with Crippen LogP contribution in [-0.2, 0) is 0 Å². The summed E-state index contributed by atoms with van der Waals surface area (Å²) in [6, 6.07) is 0. The van der Waals surface area contributed by atoms with Gasteiger partial charge in [0, 0.05) is 13.6 Å². The minimum atomic E-state index is 0.410. The summed E-state index contributed by atoms with van der Waals surface area (Å²) in [4.78, 5) is 2.17. The van der Waals surface area contributed by atoms with Crippen molar-refractivity contribution in [2.45, 2.75) is 11.1 Å². The Morgan fingerprint density at radius 2 is 2.44 bits per heavy atom. The summed E-state index contributed by atoms with van der Waals surface area (Å²) in [6.07, 6.45) is 1.87. The number of hydrazone groups is 1. The third-order valence-corrected chi connectivity index (χ3v) is 2.85. The highest BCUT2D eigenvalue weighted by molar-refractivity contribution is 14.1. The van der Waals surface area contributed by atoms with Crippen LogP contribution in [0.3, 0.4) is 0 Å². The van der Waals surface area contributed by atoms with Crippen LogP contribution < -0.4 is 0 Å². The molecule has 1 rings (SSSR count). The van der Waals surface area contributed by atoms with Gasteiger partial charge in [0.15, 0.2) is 4.17 Å². The lowest BCUT2D eigenvalue weighted by Gasteiger charge is -2.20. The lowest BCUT2D eigenvalue weighted by Crippen LogP contribution is -2.31. The number of rotatable bonds is 1. The molecule has 0 bridgehead atoms. The van der Waals surface area contributed by atoms with Crippen molar-refractivity contribution in [1.29, 1.82) is 0 Å². The van der Waals surface area contributed by atoms with Gasteiger partial charge in [0.1, 0.15) is 6.34 Å². The minimum Gasteiger partial charge on any atom is -0.332 e. The summed E-state index contributed by atoms with van der Waals surface area (Å²) in [5.41, 5.74) is 0. The zero-order chi connectivity index (χ0) is 6.85. The van der Waals surface area contributed by atoms with Gasteiger partial charge in [0.2, 0.25) is 0 Å². The highest BCUT2D eigenvalue weighted by Gasteiger charge is 2.19. The Hall–Kier alpha value is 0. The first-order chi connectivity index (χ1) is 4.25. The van der Waals surface area contributed by atoms with Crippen LogP contribution in [0.15, 0.2) is 5.10 Å². The largest absolute Gasteiger partial charge is 0.332 e. The second-order valence-electron chi connectivity index (χ2n) is 1.95. The van der Waals surface area contributed by atoms with Crippen LogP contribution in [0.4, 0.5) is 0 Å². The zero-order valence-electron chi connectivity index (χ0n) is 5.58. The number of nitrogens with zero attached hydrogens (tertiary/aromatic N) is 3. The van der Waals surface area contributed by atoms with Crippen LogP contribution in [0, 0.1) is 0 Å². The number of alkyl halides is 1. The maximum Gasteiger partial charge on any atom is 0.171 e. The molecule has 1 unspecified atom stereocenters. The van der Waals surface area contributed by atoms with Crippen LogP contribution in [0.25, 0.3) is 0 Å². The third-order valence-electron chi connectivity index (χ3n) is 1.33. The molecule has 0 amide bonds. The van der Waals surface area contributed by atoms with Crippen molar-refractivity contribution in [3.63, 3.8) is 0 Å². The van der Waals surface area contributed by atoms with Gasteiger partial charge in [-0.25, -0.2) is 0 Å². The molecule has 0 aromatic carbocycles. The number of halogens is 1. The van der Waals surface area contributed by atoms with Gasteiger partial charge in [0.25, 0.3) is 0 Å². The summed E-state index contributed by atoms with van der Waals surface area (Å²) in [5, 5.41) is 6.03. The number of hydrogen-bond acceptors (Lipinski definition) is 3. The van der Waals surface area contributed by atoms with Crippen LogP contribution in [-0.4, -0.2) is 34.0 Å². The van der Waals surface area contributed by atoms with Crippen LogP contribution >= 0.6 is 22.6 Å². The molecule has 0 aromatic rings. The molecular formula is C5H10IN3. The van der Waals surface area contributed by atoms with Crippen LogP contribution in [0.2, 0.25) is 0 Å². The first kappa shape index (κ1) is 7.11. The molecule has 4 heteroatoms. The van der Waals surface area contributed by atoms with Gasteiger partial charge in [-0.05, 0) is 29.5 Å². The van der Waals surface area contributed by atoms with E-state index in [-0.39, 0.29) is 0 Å². The average Bonchev–Trinajstić information content (AvgIpc) is 2.15. The maximum absolute atomic E-state index is 4.10. The predicted molar refractivity (Wildman–Crippen MR) is 46.4 cm³/mol. The van der Waals surface area contributed by atoms with E-state index in [1.807, 2.05) is 18.4 Å². The van der Waals surface area contributed by atoms with Crippen molar-refractivity contribution < 1.29 is 0 Å². The summed E-state index contributed by atoms with van der Waals surface area (Å²) < 4.78 is 0.410. The molecule has 0 saturated carbocycles. The van der Waals surface area contributed by atoms with Crippen LogP contribution in [0.5, 0.6) is 0 Å². The minimum absolute atomic E-state index is 0.410. The molecule has 0 aliphatic carbocycles. The Kier molecular flexibility index (Phi) is 2.15. The zero-order valence-corrected chi connectivity index (χ0v) is 7.74.